The first-order valence-electron chi connectivity index (χ1n) is 5.52. The molecule has 0 spiro atoms. The molecule has 1 aliphatic rings. The van der Waals surface area contributed by atoms with E-state index in [0.29, 0.717) is 12.5 Å². The van der Waals surface area contributed by atoms with Gasteiger partial charge in [-0.2, -0.15) is 0 Å². The van der Waals surface area contributed by atoms with Crippen molar-refractivity contribution in [2.45, 2.75) is 38.0 Å². The number of hydrogen-bond acceptors (Lipinski definition) is 3. The van der Waals surface area contributed by atoms with Gasteiger partial charge in [0.2, 0.25) is 0 Å². The van der Waals surface area contributed by atoms with E-state index < -0.39 is 0 Å². The summed E-state index contributed by atoms with van der Waals surface area (Å²) < 4.78 is 0.921. The van der Waals surface area contributed by atoms with Gasteiger partial charge in [0.1, 0.15) is 10.4 Å². The van der Waals surface area contributed by atoms with Crippen LogP contribution in [0.25, 0.3) is 0 Å². The van der Waals surface area contributed by atoms with Crippen LogP contribution in [-0.2, 0) is 6.42 Å². The van der Waals surface area contributed by atoms with Crippen molar-refractivity contribution >= 4 is 15.9 Å². The molecule has 0 aliphatic heterocycles. The van der Waals surface area contributed by atoms with Crippen LogP contribution in [-0.4, -0.2) is 16.5 Å². The first-order valence-corrected chi connectivity index (χ1v) is 6.32. The van der Waals surface area contributed by atoms with Gasteiger partial charge in [-0.1, -0.05) is 12.8 Å². The molecule has 2 rings (SSSR count). The predicted molar refractivity (Wildman–Crippen MR) is 63.7 cm³/mol. The molecule has 4 heteroatoms. The summed E-state index contributed by atoms with van der Waals surface area (Å²) in [5.41, 5.74) is 6.62. The van der Waals surface area contributed by atoms with E-state index in [1.807, 2.05) is 6.20 Å². The highest BCUT2D eigenvalue weighted by Gasteiger charge is 2.20. The molecule has 0 saturated heterocycles. The topological polar surface area (TPSA) is 51.8 Å². The van der Waals surface area contributed by atoms with Crippen molar-refractivity contribution in [3.05, 3.63) is 22.2 Å². The monoisotopic (exact) mass is 269 g/mol. The van der Waals surface area contributed by atoms with E-state index in [-0.39, 0.29) is 0 Å². The number of nitrogens with zero attached hydrogens (tertiary/aromatic N) is 2. The Labute approximate surface area is 98.6 Å². The molecule has 82 valence electrons. The van der Waals surface area contributed by atoms with Gasteiger partial charge in [-0.15, -0.1) is 0 Å². The second-order valence-electron chi connectivity index (χ2n) is 4.06. The highest BCUT2D eigenvalue weighted by Crippen LogP contribution is 2.32. The molecule has 0 radical (unpaired) electrons. The zero-order valence-electron chi connectivity index (χ0n) is 8.75. The molecule has 15 heavy (non-hydrogen) atoms. The Morgan fingerprint density at radius 3 is 2.73 bits per heavy atom. The summed E-state index contributed by atoms with van der Waals surface area (Å²) in [7, 11) is 0. The van der Waals surface area contributed by atoms with Crippen molar-refractivity contribution in [2.75, 3.05) is 6.54 Å². The molecule has 0 atom stereocenters. The van der Waals surface area contributed by atoms with Crippen molar-refractivity contribution < 1.29 is 0 Å². The lowest BCUT2D eigenvalue weighted by molar-refractivity contribution is 0.661. The maximum absolute atomic E-state index is 5.51. The molecule has 0 bridgehead atoms. The minimum absolute atomic E-state index is 0.577. The molecule has 1 aromatic rings. The molecular formula is C11H16BrN3. The fraction of sp³-hybridized carbons (Fsp3) is 0.636. The normalized spacial score (nSPS) is 17.2. The Morgan fingerprint density at radius 2 is 2.13 bits per heavy atom. The average Bonchev–Trinajstić information content (AvgIpc) is 2.74. The third kappa shape index (κ3) is 2.55. The molecule has 1 aliphatic carbocycles. The minimum Gasteiger partial charge on any atom is -0.330 e. The van der Waals surface area contributed by atoms with E-state index in [4.69, 9.17) is 5.73 Å². The van der Waals surface area contributed by atoms with Crippen LogP contribution in [0.3, 0.4) is 0 Å². The minimum atomic E-state index is 0.577. The van der Waals surface area contributed by atoms with E-state index in [0.717, 1.165) is 22.4 Å². The van der Waals surface area contributed by atoms with Crippen LogP contribution in [0.5, 0.6) is 0 Å². The maximum atomic E-state index is 5.51. The van der Waals surface area contributed by atoms with Gasteiger partial charge >= 0.3 is 0 Å². The highest BCUT2D eigenvalue weighted by molar-refractivity contribution is 9.10. The van der Waals surface area contributed by atoms with Crippen LogP contribution < -0.4 is 5.73 Å². The van der Waals surface area contributed by atoms with Crippen LogP contribution in [0.15, 0.2) is 10.8 Å². The predicted octanol–water partition coefficient (Wildman–Crippen LogP) is 2.40. The van der Waals surface area contributed by atoms with Crippen LogP contribution in [0.2, 0.25) is 0 Å². The Kier molecular flexibility index (Phi) is 3.70. The summed E-state index contributed by atoms with van der Waals surface area (Å²) in [4.78, 5) is 8.97. The fourth-order valence-corrected chi connectivity index (χ4v) is 2.58. The molecule has 2 N–H and O–H groups in total. The van der Waals surface area contributed by atoms with E-state index in [2.05, 4.69) is 25.9 Å². The Hall–Kier alpha value is -0.480. The van der Waals surface area contributed by atoms with Crippen molar-refractivity contribution in [1.82, 2.24) is 9.97 Å². The fourth-order valence-electron chi connectivity index (χ4n) is 2.10. The molecule has 1 heterocycles. The van der Waals surface area contributed by atoms with Crippen LogP contribution in [0.4, 0.5) is 0 Å². The third-order valence-electron chi connectivity index (χ3n) is 2.96. The first kappa shape index (κ1) is 11.0. The van der Waals surface area contributed by atoms with Crippen molar-refractivity contribution in [3.63, 3.8) is 0 Å². The lowest BCUT2D eigenvalue weighted by atomic mass is 10.1. The summed E-state index contributed by atoms with van der Waals surface area (Å²) in [6, 6.07) is 0. The van der Waals surface area contributed by atoms with E-state index >= 15 is 0 Å². The smallest absolute Gasteiger partial charge is 0.132 e. The van der Waals surface area contributed by atoms with Crippen LogP contribution >= 0.6 is 15.9 Å². The zero-order chi connectivity index (χ0) is 10.7. The Bertz CT molecular complexity index is 335. The second-order valence-corrected chi connectivity index (χ2v) is 4.82. The van der Waals surface area contributed by atoms with Gasteiger partial charge in [0.25, 0.3) is 0 Å². The first-order chi connectivity index (χ1) is 7.31. The summed E-state index contributed by atoms with van der Waals surface area (Å²) in [6.07, 6.45) is 7.86. The van der Waals surface area contributed by atoms with Gasteiger partial charge in [0.05, 0.1) is 0 Å². The standard InChI is InChI=1S/C11H16BrN3/c12-10-9(5-6-13)7-14-11(15-10)8-3-1-2-4-8/h7-8H,1-6,13H2. The highest BCUT2D eigenvalue weighted by atomic mass is 79.9. The van der Waals surface area contributed by atoms with E-state index in [9.17, 15) is 0 Å². The SMILES string of the molecule is NCCc1cnc(C2CCCC2)nc1Br. The average molecular weight is 270 g/mol. The van der Waals surface area contributed by atoms with Gasteiger partial charge < -0.3 is 5.73 Å². The third-order valence-corrected chi connectivity index (χ3v) is 3.65. The lowest BCUT2D eigenvalue weighted by Crippen LogP contribution is -2.07. The van der Waals surface area contributed by atoms with Crippen LogP contribution in [0, 0.1) is 0 Å². The van der Waals surface area contributed by atoms with Crippen LogP contribution in [0.1, 0.15) is 43.0 Å². The van der Waals surface area contributed by atoms with Crippen molar-refractivity contribution in [2.24, 2.45) is 5.73 Å². The molecule has 3 nitrogen and oxygen atoms in total. The summed E-state index contributed by atoms with van der Waals surface area (Å²) in [5.74, 6) is 1.58. The largest absolute Gasteiger partial charge is 0.330 e. The van der Waals surface area contributed by atoms with E-state index in [1.54, 1.807) is 0 Å². The molecule has 0 aromatic carbocycles. The number of halogens is 1. The summed E-state index contributed by atoms with van der Waals surface area (Å²) >= 11 is 3.49. The van der Waals surface area contributed by atoms with Crippen molar-refractivity contribution in [1.29, 1.82) is 0 Å². The van der Waals surface area contributed by atoms with E-state index in [1.165, 1.54) is 25.7 Å². The van der Waals surface area contributed by atoms with Gasteiger partial charge in [-0.05, 0) is 41.7 Å². The van der Waals surface area contributed by atoms with Gasteiger partial charge in [0, 0.05) is 17.7 Å². The maximum Gasteiger partial charge on any atom is 0.132 e. The quantitative estimate of drug-likeness (QED) is 0.858. The molecule has 1 aromatic heterocycles. The Balaban J connectivity index is 2.16. The molecular weight excluding hydrogens is 254 g/mol. The molecule has 1 fully saturated rings. The number of aromatic nitrogens is 2. The second kappa shape index (κ2) is 5.03. The number of nitrogens with two attached hydrogens (primary N) is 1. The lowest BCUT2D eigenvalue weighted by Gasteiger charge is -2.09. The number of rotatable bonds is 3. The van der Waals surface area contributed by atoms with Gasteiger partial charge in [0.15, 0.2) is 0 Å². The summed E-state index contributed by atoms with van der Waals surface area (Å²) in [6.45, 7) is 0.644. The van der Waals surface area contributed by atoms with Gasteiger partial charge in [-0.3, -0.25) is 0 Å². The van der Waals surface area contributed by atoms with Crippen molar-refractivity contribution in [3.8, 4) is 0 Å². The molecule has 0 amide bonds. The van der Waals surface area contributed by atoms with Gasteiger partial charge in [-0.25, -0.2) is 9.97 Å². The number of hydrogen-bond donors (Lipinski definition) is 1. The summed E-state index contributed by atoms with van der Waals surface area (Å²) in [5, 5.41) is 0. The zero-order valence-corrected chi connectivity index (χ0v) is 10.3. The molecule has 1 saturated carbocycles. The Morgan fingerprint density at radius 1 is 1.40 bits per heavy atom. The molecule has 0 unspecified atom stereocenters.